The monoisotopic (exact) mass is 257 g/mol. The molecule has 0 unspecified atom stereocenters. The van der Waals surface area contributed by atoms with Gasteiger partial charge in [-0.25, -0.2) is 9.97 Å². The molecule has 0 atom stereocenters. The maximum atomic E-state index is 5.34. The van der Waals surface area contributed by atoms with E-state index >= 15 is 0 Å². The molecule has 100 valence electrons. The topological polar surface area (TPSA) is 47.0 Å². The Labute approximate surface area is 113 Å². The highest BCUT2D eigenvalue weighted by Crippen LogP contribution is 2.19. The first-order chi connectivity index (χ1) is 9.33. The summed E-state index contributed by atoms with van der Waals surface area (Å²) in [4.78, 5) is 8.88. The fourth-order valence-electron chi connectivity index (χ4n) is 1.90. The van der Waals surface area contributed by atoms with Gasteiger partial charge in [0.2, 0.25) is 0 Å². The summed E-state index contributed by atoms with van der Waals surface area (Å²) in [6, 6.07) is 9.90. The highest BCUT2D eigenvalue weighted by molar-refractivity contribution is 5.35. The normalized spacial score (nSPS) is 10.4. The number of nitrogens with zero attached hydrogens (tertiary/aromatic N) is 2. The molecule has 0 aliphatic carbocycles. The zero-order valence-corrected chi connectivity index (χ0v) is 11.4. The first-order valence-corrected chi connectivity index (χ1v) is 6.47. The van der Waals surface area contributed by atoms with E-state index in [0.717, 1.165) is 35.9 Å². The van der Waals surface area contributed by atoms with Gasteiger partial charge in [0, 0.05) is 24.7 Å². The summed E-state index contributed by atoms with van der Waals surface area (Å²) in [5.41, 5.74) is 2.12. The van der Waals surface area contributed by atoms with Crippen molar-refractivity contribution >= 4 is 0 Å². The van der Waals surface area contributed by atoms with Gasteiger partial charge in [-0.3, -0.25) is 0 Å². The molecule has 0 saturated heterocycles. The van der Waals surface area contributed by atoms with Gasteiger partial charge in [-0.2, -0.15) is 0 Å². The molecule has 0 aliphatic heterocycles. The van der Waals surface area contributed by atoms with Crippen LogP contribution in [0.4, 0.5) is 0 Å². The molecule has 1 aromatic heterocycles. The molecule has 0 amide bonds. The molecule has 0 radical (unpaired) electrons. The first kappa shape index (κ1) is 13.5. The van der Waals surface area contributed by atoms with Crippen molar-refractivity contribution in [3.8, 4) is 5.75 Å². The van der Waals surface area contributed by atoms with Crippen LogP contribution in [0, 0.1) is 0 Å². The van der Waals surface area contributed by atoms with Gasteiger partial charge in [-0.15, -0.1) is 0 Å². The smallest absolute Gasteiger partial charge is 0.133 e. The number of ether oxygens (including phenoxy) is 1. The molecule has 0 fully saturated rings. The quantitative estimate of drug-likeness (QED) is 0.861. The Hall–Kier alpha value is -1.94. The Kier molecular flexibility index (Phi) is 4.86. The maximum Gasteiger partial charge on any atom is 0.133 e. The highest BCUT2D eigenvalue weighted by atomic mass is 16.5. The summed E-state index contributed by atoms with van der Waals surface area (Å²) in [5, 5.41) is 3.26. The van der Waals surface area contributed by atoms with Crippen LogP contribution < -0.4 is 10.1 Å². The lowest BCUT2D eigenvalue weighted by Gasteiger charge is -2.08. The van der Waals surface area contributed by atoms with Gasteiger partial charge < -0.3 is 10.1 Å². The SMILES string of the molecule is CCNCc1ccnc(Cc2ccccc2OC)n1. The molecule has 0 bridgehead atoms. The number of aromatic nitrogens is 2. The van der Waals surface area contributed by atoms with Crippen molar-refractivity contribution in [3.05, 3.63) is 53.6 Å². The van der Waals surface area contributed by atoms with Crippen molar-refractivity contribution in [1.82, 2.24) is 15.3 Å². The van der Waals surface area contributed by atoms with E-state index in [2.05, 4.69) is 22.2 Å². The standard InChI is InChI=1S/C15H19N3O/c1-3-16-11-13-8-9-17-15(18-13)10-12-6-4-5-7-14(12)19-2/h4-9,16H,3,10-11H2,1-2H3. The van der Waals surface area contributed by atoms with Gasteiger partial charge in [-0.05, 0) is 18.7 Å². The number of nitrogens with one attached hydrogen (secondary N) is 1. The van der Waals surface area contributed by atoms with Gasteiger partial charge in [-0.1, -0.05) is 25.1 Å². The molecule has 1 heterocycles. The average Bonchev–Trinajstić information content (AvgIpc) is 2.46. The van der Waals surface area contributed by atoms with Crippen molar-refractivity contribution < 1.29 is 4.74 Å². The third kappa shape index (κ3) is 3.76. The summed E-state index contributed by atoms with van der Waals surface area (Å²) in [5.74, 6) is 1.70. The lowest BCUT2D eigenvalue weighted by atomic mass is 10.1. The fourth-order valence-corrected chi connectivity index (χ4v) is 1.90. The molecule has 4 nitrogen and oxygen atoms in total. The third-order valence-corrected chi connectivity index (χ3v) is 2.86. The van der Waals surface area contributed by atoms with Crippen LogP contribution in [0.15, 0.2) is 36.5 Å². The summed E-state index contributed by atoms with van der Waals surface area (Å²) >= 11 is 0. The lowest BCUT2D eigenvalue weighted by molar-refractivity contribution is 0.410. The first-order valence-electron chi connectivity index (χ1n) is 6.47. The van der Waals surface area contributed by atoms with E-state index in [9.17, 15) is 0 Å². The molecular formula is C15H19N3O. The Morgan fingerprint density at radius 2 is 2.05 bits per heavy atom. The van der Waals surface area contributed by atoms with Crippen molar-refractivity contribution in [1.29, 1.82) is 0 Å². The Morgan fingerprint density at radius 3 is 2.84 bits per heavy atom. The van der Waals surface area contributed by atoms with Crippen molar-refractivity contribution in [2.24, 2.45) is 0 Å². The van der Waals surface area contributed by atoms with Crippen molar-refractivity contribution in [2.45, 2.75) is 19.9 Å². The minimum absolute atomic E-state index is 0.685. The lowest BCUT2D eigenvalue weighted by Crippen LogP contribution is -2.14. The van der Waals surface area contributed by atoms with E-state index in [1.165, 1.54) is 0 Å². The van der Waals surface area contributed by atoms with E-state index in [4.69, 9.17) is 4.74 Å². The zero-order valence-electron chi connectivity index (χ0n) is 11.4. The van der Waals surface area contributed by atoms with Crippen LogP contribution in [0.25, 0.3) is 0 Å². The van der Waals surface area contributed by atoms with E-state index in [-0.39, 0.29) is 0 Å². The minimum atomic E-state index is 0.685. The Bertz CT molecular complexity index is 528. The molecular weight excluding hydrogens is 238 g/mol. The maximum absolute atomic E-state index is 5.34. The highest BCUT2D eigenvalue weighted by Gasteiger charge is 2.05. The van der Waals surface area contributed by atoms with Crippen LogP contribution >= 0.6 is 0 Å². The van der Waals surface area contributed by atoms with Crippen LogP contribution in [0.2, 0.25) is 0 Å². The van der Waals surface area contributed by atoms with Gasteiger partial charge in [0.05, 0.1) is 12.8 Å². The number of methoxy groups -OCH3 is 1. The Balaban J connectivity index is 2.14. The second kappa shape index (κ2) is 6.85. The van der Waals surface area contributed by atoms with Gasteiger partial charge >= 0.3 is 0 Å². The predicted octanol–water partition coefficient (Wildman–Crippen LogP) is 2.19. The molecule has 0 aliphatic rings. The van der Waals surface area contributed by atoms with Crippen LogP contribution in [0.5, 0.6) is 5.75 Å². The predicted molar refractivity (Wildman–Crippen MR) is 75.2 cm³/mol. The molecule has 4 heteroatoms. The van der Waals surface area contributed by atoms with Gasteiger partial charge in [0.25, 0.3) is 0 Å². The largest absolute Gasteiger partial charge is 0.496 e. The summed E-state index contributed by atoms with van der Waals surface area (Å²) < 4.78 is 5.34. The fraction of sp³-hybridized carbons (Fsp3) is 0.333. The Morgan fingerprint density at radius 1 is 1.21 bits per heavy atom. The van der Waals surface area contributed by atoms with Crippen LogP contribution in [-0.2, 0) is 13.0 Å². The molecule has 0 spiro atoms. The second-order valence-corrected chi connectivity index (χ2v) is 4.23. The molecule has 19 heavy (non-hydrogen) atoms. The van der Waals surface area contributed by atoms with Crippen molar-refractivity contribution in [3.63, 3.8) is 0 Å². The number of hydrogen-bond donors (Lipinski definition) is 1. The van der Waals surface area contributed by atoms with Crippen molar-refractivity contribution in [2.75, 3.05) is 13.7 Å². The summed E-state index contributed by atoms with van der Waals surface area (Å²) in [6.07, 6.45) is 2.49. The van der Waals surface area contributed by atoms with Crippen LogP contribution in [0.1, 0.15) is 24.0 Å². The average molecular weight is 257 g/mol. The number of rotatable bonds is 6. The third-order valence-electron chi connectivity index (χ3n) is 2.86. The number of benzene rings is 1. The number of hydrogen-bond acceptors (Lipinski definition) is 4. The van der Waals surface area contributed by atoms with Gasteiger partial charge in [0.1, 0.15) is 11.6 Å². The molecule has 1 N–H and O–H groups in total. The number of para-hydroxylation sites is 1. The molecule has 0 saturated carbocycles. The molecule has 1 aromatic carbocycles. The van der Waals surface area contributed by atoms with E-state index in [1.807, 2.05) is 36.5 Å². The van der Waals surface area contributed by atoms with E-state index in [0.29, 0.717) is 6.42 Å². The minimum Gasteiger partial charge on any atom is -0.496 e. The van der Waals surface area contributed by atoms with E-state index in [1.54, 1.807) is 7.11 Å². The van der Waals surface area contributed by atoms with Gasteiger partial charge in [0.15, 0.2) is 0 Å². The summed E-state index contributed by atoms with van der Waals surface area (Å²) in [6.45, 7) is 3.79. The van der Waals surface area contributed by atoms with Crippen LogP contribution in [-0.4, -0.2) is 23.6 Å². The molecule has 2 aromatic rings. The second-order valence-electron chi connectivity index (χ2n) is 4.23. The summed E-state index contributed by atoms with van der Waals surface area (Å²) in [7, 11) is 1.68. The van der Waals surface area contributed by atoms with E-state index < -0.39 is 0 Å². The van der Waals surface area contributed by atoms with Crippen LogP contribution in [0.3, 0.4) is 0 Å². The molecule has 2 rings (SSSR count). The zero-order chi connectivity index (χ0) is 13.5.